The Morgan fingerprint density at radius 1 is 1.24 bits per heavy atom. The number of amides is 1. The van der Waals surface area contributed by atoms with Crippen LogP contribution in [0.4, 0.5) is 0 Å². The highest BCUT2D eigenvalue weighted by Gasteiger charge is 2.25. The van der Waals surface area contributed by atoms with E-state index in [1.165, 1.54) is 0 Å². The van der Waals surface area contributed by atoms with Gasteiger partial charge in [-0.05, 0) is 30.2 Å². The molecule has 0 aromatic heterocycles. The lowest BCUT2D eigenvalue weighted by atomic mass is 9.99. The van der Waals surface area contributed by atoms with E-state index in [-0.39, 0.29) is 12.5 Å². The van der Waals surface area contributed by atoms with Crippen molar-refractivity contribution >= 4 is 11.9 Å². The van der Waals surface area contributed by atoms with Crippen LogP contribution in [0.2, 0.25) is 0 Å². The highest BCUT2D eigenvalue weighted by atomic mass is 16.5. The number of carbonyl (C=O) groups excluding carboxylic acids is 1. The second-order valence-corrected chi connectivity index (χ2v) is 4.73. The van der Waals surface area contributed by atoms with E-state index in [9.17, 15) is 9.59 Å². The molecule has 0 saturated carbocycles. The third-order valence-electron chi connectivity index (χ3n) is 3.22. The van der Waals surface area contributed by atoms with Crippen LogP contribution in [-0.2, 0) is 9.59 Å². The number of aliphatic carboxylic acids is 1. The summed E-state index contributed by atoms with van der Waals surface area (Å²) in [5.41, 5.74) is 0. The Labute approximate surface area is 124 Å². The highest BCUT2D eigenvalue weighted by Crippen LogP contribution is 2.16. The van der Waals surface area contributed by atoms with Gasteiger partial charge in [-0.2, -0.15) is 0 Å². The lowest BCUT2D eigenvalue weighted by Gasteiger charge is -2.20. The molecule has 2 atom stereocenters. The molecule has 6 heteroatoms. The molecule has 0 bridgehead atoms. The number of benzene rings is 1. The molecule has 0 spiro atoms. The molecule has 0 aliphatic rings. The molecule has 0 fully saturated rings. The molecule has 0 heterocycles. The summed E-state index contributed by atoms with van der Waals surface area (Å²) in [7, 11) is 1.56. The van der Waals surface area contributed by atoms with Gasteiger partial charge in [0.2, 0.25) is 0 Å². The van der Waals surface area contributed by atoms with Crippen LogP contribution in [0.1, 0.15) is 20.3 Å². The van der Waals surface area contributed by atoms with Crippen LogP contribution in [0.5, 0.6) is 11.5 Å². The molecule has 1 aromatic carbocycles. The first-order valence-corrected chi connectivity index (χ1v) is 6.77. The predicted molar refractivity (Wildman–Crippen MR) is 77.5 cm³/mol. The van der Waals surface area contributed by atoms with Crippen molar-refractivity contribution in [2.75, 3.05) is 13.7 Å². The first-order chi connectivity index (χ1) is 9.97. The second-order valence-electron chi connectivity index (χ2n) is 4.73. The number of hydrogen-bond donors (Lipinski definition) is 2. The van der Waals surface area contributed by atoms with Gasteiger partial charge in [-0.3, -0.25) is 4.79 Å². The zero-order chi connectivity index (χ0) is 15.8. The van der Waals surface area contributed by atoms with Gasteiger partial charge >= 0.3 is 5.97 Å². The zero-order valence-electron chi connectivity index (χ0n) is 12.5. The maximum atomic E-state index is 11.8. The Kier molecular flexibility index (Phi) is 6.52. The first kappa shape index (κ1) is 16.8. The smallest absolute Gasteiger partial charge is 0.326 e. The Morgan fingerprint density at radius 2 is 1.81 bits per heavy atom. The topological polar surface area (TPSA) is 84.9 Å². The van der Waals surface area contributed by atoms with Crippen LogP contribution >= 0.6 is 0 Å². The molecule has 1 rings (SSSR count). The van der Waals surface area contributed by atoms with E-state index in [1.807, 2.05) is 6.92 Å². The van der Waals surface area contributed by atoms with Gasteiger partial charge in [0, 0.05) is 0 Å². The number of hydrogen-bond acceptors (Lipinski definition) is 4. The Hall–Kier alpha value is -2.24. The van der Waals surface area contributed by atoms with Gasteiger partial charge in [-0.1, -0.05) is 20.3 Å². The monoisotopic (exact) mass is 295 g/mol. The van der Waals surface area contributed by atoms with E-state index in [0.717, 1.165) is 0 Å². The van der Waals surface area contributed by atoms with Crippen molar-refractivity contribution in [2.24, 2.45) is 5.92 Å². The third kappa shape index (κ3) is 5.33. The predicted octanol–water partition coefficient (Wildman–Crippen LogP) is 1.69. The lowest BCUT2D eigenvalue weighted by molar-refractivity contribution is -0.143. The molecule has 116 valence electrons. The molecular weight excluding hydrogens is 274 g/mol. The average molecular weight is 295 g/mol. The van der Waals surface area contributed by atoms with E-state index in [1.54, 1.807) is 38.3 Å². The van der Waals surface area contributed by atoms with Crippen LogP contribution in [0.3, 0.4) is 0 Å². The number of carbonyl (C=O) groups is 2. The highest BCUT2D eigenvalue weighted by molar-refractivity contribution is 5.84. The SMILES string of the molecule is CCC(C)C(NC(=O)COc1ccc(OC)cc1)C(=O)O. The van der Waals surface area contributed by atoms with Gasteiger partial charge in [0.25, 0.3) is 5.91 Å². The third-order valence-corrected chi connectivity index (χ3v) is 3.22. The zero-order valence-corrected chi connectivity index (χ0v) is 12.5. The molecule has 6 nitrogen and oxygen atoms in total. The number of carboxylic acids is 1. The van der Waals surface area contributed by atoms with Gasteiger partial charge in [-0.15, -0.1) is 0 Å². The van der Waals surface area contributed by atoms with Crippen molar-refractivity contribution in [1.82, 2.24) is 5.32 Å². The maximum absolute atomic E-state index is 11.8. The Balaban J connectivity index is 2.50. The van der Waals surface area contributed by atoms with E-state index < -0.39 is 17.9 Å². The Bertz CT molecular complexity index is 471. The van der Waals surface area contributed by atoms with E-state index in [2.05, 4.69) is 5.32 Å². The summed E-state index contributed by atoms with van der Waals surface area (Å²) in [4.78, 5) is 22.9. The van der Waals surface area contributed by atoms with Crippen molar-refractivity contribution in [2.45, 2.75) is 26.3 Å². The van der Waals surface area contributed by atoms with Gasteiger partial charge in [0.1, 0.15) is 17.5 Å². The van der Waals surface area contributed by atoms with Gasteiger partial charge in [0.15, 0.2) is 6.61 Å². The van der Waals surface area contributed by atoms with Crippen molar-refractivity contribution in [3.8, 4) is 11.5 Å². The fraction of sp³-hybridized carbons (Fsp3) is 0.467. The summed E-state index contributed by atoms with van der Waals surface area (Å²) in [6.45, 7) is 3.43. The molecule has 21 heavy (non-hydrogen) atoms. The summed E-state index contributed by atoms with van der Waals surface area (Å²) in [5.74, 6) is -0.441. The van der Waals surface area contributed by atoms with Crippen molar-refractivity contribution in [3.63, 3.8) is 0 Å². The summed E-state index contributed by atoms with van der Waals surface area (Å²) >= 11 is 0. The molecule has 0 aliphatic heterocycles. The van der Waals surface area contributed by atoms with Crippen LogP contribution < -0.4 is 14.8 Å². The number of ether oxygens (including phenoxy) is 2. The van der Waals surface area contributed by atoms with E-state index >= 15 is 0 Å². The molecule has 1 aromatic rings. The molecule has 0 radical (unpaired) electrons. The van der Waals surface area contributed by atoms with Crippen LogP contribution in [-0.4, -0.2) is 36.7 Å². The van der Waals surface area contributed by atoms with Crippen LogP contribution in [0.15, 0.2) is 24.3 Å². The normalized spacial score (nSPS) is 13.1. The number of methoxy groups -OCH3 is 1. The molecule has 2 N–H and O–H groups in total. The van der Waals surface area contributed by atoms with Gasteiger partial charge < -0.3 is 19.9 Å². The largest absolute Gasteiger partial charge is 0.497 e. The molecule has 0 aliphatic carbocycles. The minimum atomic E-state index is -1.04. The van der Waals surface area contributed by atoms with Gasteiger partial charge in [-0.25, -0.2) is 4.79 Å². The fourth-order valence-corrected chi connectivity index (χ4v) is 1.72. The van der Waals surface area contributed by atoms with Crippen LogP contribution in [0.25, 0.3) is 0 Å². The average Bonchev–Trinajstić information content (AvgIpc) is 2.50. The second kappa shape index (κ2) is 8.14. The van der Waals surface area contributed by atoms with Crippen molar-refractivity contribution < 1.29 is 24.2 Å². The molecule has 2 unspecified atom stereocenters. The standard InChI is InChI=1S/C15H21NO5/c1-4-10(2)14(15(18)19)16-13(17)9-21-12-7-5-11(20-3)6-8-12/h5-8,10,14H,4,9H2,1-3H3,(H,16,17)(H,18,19). The van der Waals surface area contributed by atoms with Crippen molar-refractivity contribution in [1.29, 1.82) is 0 Å². The number of nitrogens with one attached hydrogen (secondary N) is 1. The summed E-state index contributed by atoms with van der Waals surface area (Å²) in [6.07, 6.45) is 0.663. The number of rotatable bonds is 8. The summed E-state index contributed by atoms with van der Waals surface area (Å²) < 4.78 is 10.3. The van der Waals surface area contributed by atoms with E-state index in [0.29, 0.717) is 17.9 Å². The van der Waals surface area contributed by atoms with Crippen LogP contribution in [0, 0.1) is 5.92 Å². The maximum Gasteiger partial charge on any atom is 0.326 e. The molecule has 0 saturated heterocycles. The number of carboxylic acid groups (broad SMARTS) is 1. The molecular formula is C15H21NO5. The fourth-order valence-electron chi connectivity index (χ4n) is 1.72. The van der Waals surface area contributed by atoms with Crippen molar-refractivity contribution in [3.05, 3.63) is 24.3 Å². The molecule has 1 amide bonds. The lowest BCUT2D eigenvalue weighted by Crippen LogP contribution is -2.46. The summed E-state index contributed by atoms with van der Waals surface area (Å²) in [5, 5.41) is 11.6. The minimum Gasteiger partial charge on any atom is -0.497 e. The summed E-state index contributed by atoms with van der Waals surface area (Å²) in [6, 6.07) is 5.88. The van der Waals surface area contributed by atoms with E-state index in [4.69, 9.17) is 14.6 Å². The first-order valence-electron chi connectivity index (χ1n) is 6.77. The van der Waals surface area contributed by atoms with Gasteiger partial charge in [0.05, 0.1) is 7.11 Å². The minimum absolute atomic E-state index is 0.146. The quantitative estimate of drug-likeness (QED) is 0.762. The Morgan fingerprint density at radius 3 is 2.29 bits per heavy atom.